The quantitative estimate of drug-likeness (QED) is 0.131. The van der Waals surface area contributed by atoms with Crippen molar-refractivity contribution in [1.82, 2.24) is 0 Å². The first-order chi connectivity index (χ1) is 17.5. The van der Waals surface area contributed by atoms with E-state index in [1.165, 1.54) is 45.0 Å². The molecule has 0 heterocycles. The number of allylic oxidation sites excluding steroid dienone is 1. The smallest absolute Gasteiger partial charge is 0.330 e. The number of benzene rings is 4. The molecule has 4 aromatic carbocycles. The Balaban J connectivity index is 1.49. The molecule has 2 nitrogen and oxygen atoms in total. The number of hydrogen-bond acceptors (Lipinski definition) is 2. The van der Waals surface area contributed by atoms with Gasteiger partial charge in [-0.15, -0.1) is 0 Å². The Morgan fingerprint density at radius 2 is 1.39 bits per heavy atom. The summed E-state index contributed by atoms with van der Waals surface area (Å²) < 4.78 is 5.04. The van der Waals surface area contributed by atoms with Crippen molar-refractivity contribution in [3.63, 3.8) is 0 Å². The molecule has 36 heavy (non-hydrogen) atoms. The minimum atomic E-state index is -0.357. The number of esters is 1. The molecular formula is C34H32O2. The maximum absolute atomic E-state index is 11.1. The number of aryl methyl sites for hydroxylation is 1. The first kappa shape index (κ1) is 24.9. The Morgan fingerprint density at radius 1 is 0.750 bits per heavy atom. The summed E-state index contributed by atoms with van der Waals surface area (Å²) in [6.07, 6.45) is 3.99. The zero-order valence-corrected chi connectivity index (χ0v) is 20.9. The highest BCUT2D eigenvalue weighted by atomic mass is 16.5. The van der Waals surface area contributed by atoms with E-state index in [0.717, 1.165) is 30.4 Å². The fourth-order valence-corrected chi connectivity index (χ4v) is 4.31. The van der Waals surface area contributed by atoms with Crippen LogP contribution in [0.5, 0.6) is 0 Å². The SMILES string of the molecule is C=CC(=O)OCCCCc1ccc(-c2cccc(-c3ccccc3-c3ccc(C(=C)C)cc3)c2)cc1. The Labute approximate surface area is 214 Å². The van der Waals surface area contributed by atoms with Crippen LogP contribution in [0.1, 0.15) is 30.9 Å². The maximum atomic E-state index is 11.1. The van der Waals surface area contributed by atoms with E-state index in [2.05, 4.69) is 110 Å². The lowest BCUT2D eigenvalue weighted by molar-refractivity contribution is -0.137. The van der Waals surface area contributed by atoms with Crippen LogP contribution in [0.15, 0.2) is 116 Å². The van der Waals surface area contributed by atoms with Crippen molar-refractivity contribution in [2.24, 2.45) is 0 Å². The van der Waals surface area contributed by atoms with Gasteiger partial charge in [-0.3, -0.25) is 0 Å². The molecule has 180 valence electrons. The van der Waals surface area contributed by atoms with Gasteiger partial charge in [0.25, 0.3) is 0 Å². The van der Waals surface area contributed by atoms with Crippen molar-refractivity contribution in [1.29, 1.82) is 0 Å². The van der Waals surface area contributed by atoms with Crippen LogP contribution in [-0.4, -0.2) is 12.6 Å². The molecule has 0 fully saturated rings. The van der Waals surface area contributed by atoms with Crippen molar-refractivity contribution in [2.45, 2.75) is 26.2 Å². The summed E-state index contributed by atoms with van der Waals surface area (Å²) in [6.45, 7) is 9.93. The molecule has 0 atom stereocenters. The van der Waals surface area contributed by atoms with Gasteiger partial charge in [0.15, 0.2) is 0 Å². The van der Waals surface area contributed by atoms with Crippen LogP contribution in [0.25, 0.3) is 39.0 Å². The molecule has 0 amide bonds. The summed E-state index contributed by atoms with van der Waals surface area (Å²) >= 11 is 0. The molecule has 0 aliphatic heterocycles. The summed E-state index contributed by atoms with van der Waals surface area (Å²) in [5.41, 5.74) is 10.8. The summed E-state index contributed by atoms with van der Waals surface area (Å²) in [7, 11) is 0. The van der Waals surface area contributed by atoms with Crippen molar-refractivity contribution in [2.75, 3.05) is 6.61 Å². The highest BCUT2D eigenvalue weighted by molar-refractivity contribution is 5.85. The first-order valence-electron chi connectivity index (χ1n) is 12.4. The lowest BCUT2D eigenvalue weighted by atomic mass is 9.92. The third-order valence-corrected chi connectivity index (χ3v) is 6.35. The monoisotopic (exact) mass is 472 g/mol. The predicted molar refractivity (Wildman–Crippen MR) is 152 cm³/mol. The molecule has 2 heteroatoms. The zero-order valence-electron chi connectivity index (χ0n) is 20.9. The Morgan fingerprint density at radius 3 is 2.06 bits per heavy atom. The van der Waals surface area contributed by atoms with Crippen LogP contribution in [0, 0.1) is 0 Å². The summed E-state index contributed by atoms with van der Waals surface area (Å²) in [4.78, 5) is 11.1. The van der Waals surface area contributed by atoms with E-state index in [0.29, 0.717) is 6.61 Å². The number of carbonyl (C=O) groups is 1. The summed E-state index contributed by atoms with van der Waals surface area (Å²) in [5, 5.41) is 0. The van der Waals surface area contributed by atoms with Crippen LogP contribution in [0.4, 0.5) is 0 Å². The van der Waals surface area contributed by atoms with E-state index in [-0.39, 0.29) is 5.97 Å². The van der Waals surface area contributed by atoms with Crippen LogP contribution < -0.4 is 0 Å². The number of rotatable bonds is 10. The normalized spacial score (nSPS) is 10.6. The van der Waals surface area contributed by atoms with E-state index in [1.807, 2.05) is 6.92 Å². The minimum Gasteiger partial charge on any atom is -0.463 e. The maximum Gasteiger partial charge on any atom is 0.330 e. The molecule has 0 bridgehead atoms. The van der Waals surface area contributed by atoms with Gasteiger partial charge in [0.2, 0.25) is 0 Å². The second kappa shape index (κ2) is 12.0. The summed E-state index contributed by atoms with van der Waals surface area (Å²) in [6, 6.07) is 34.7. The standard InChI is InChI=1S/C34H32O2/c1-4-34(35)36-23-8-7-10-26-15-17-28(18-16-26)30-11-9-12-31(24-30)33-14-6-5-13-32(33)29-21-19-27(20-22-29)25(2)3/h4-6,9,11-22,24H,1-2,7-8,10,23H2,3H3. The predicted octanol–water partition coefficient (Wildman–Crippen LogP) is 8.77. The Kier molecular flexibility index (Phi) is 8.31. The summed E-state index contributed by atoms with van der Waals surface area (Å²) in [5.74, 6) is -0.357. The average molecular weight is 473 g/mol. The van der Waals surface area contributed by atoms with Crippen molar-refractivity contribution < 1.29 is 9.53 Å². The van der Waals surface area contributed by atoms with Crippen molar-refractivity contribution >= 4 is 11.5 Å². The molecule has 0 aromatic heterocycles. The molecule has 0 aliphatic rings. The van der Waals surface area contributed by atoms with Crippen LogP contribution in [-0.2, 0) is 16.0 Å². The highest BCUT2D eigenvalue weighted by Gasteiger charge is 2.09. The third-order valence-electron chi connectivity index (χ3n) is 6.35. The fraction of sp³-hybridized carbons (Fsp3) is 0.147. The first-order valence-corrected chi connectivity index (χ1v) is 12.4. The van der Waals surface area contributed by atoms with Gasteiger partial charge in [0, 0.05) is 6.08 Å². The molecule has 4 rings (SSSR count). The third kappa shape index (κ3) is 6.28. The van der Waals surface area contributed by atoms with E-state index >= 15 is 0 Å². The fourth-order valence-electron chi connectivity index (χ4n) is 4.31. The molecule has 0 saturated heterocycles. The second-order valence-corrected chi connectivity index (χ2v) is 9.01. The van der Waals surface area contributed by atoms with E-state index in [1.54, 1.807) is 0 Å². The topological polar surface area (TPSA) is 26.3 Å². The van der Waals surface area contributed by atoms with Gasteiger partial charge >= 0.3 is 5.97 Å². The van der Waals surface area contributed by atoms with Gasteiger partial charge in [-0.05, 0) is 76.8 Å². The number of ether oxygens (including phenoxy) is 1. The van der Waals surface area contributed by atoms with E-state index in [9.17, 15) is 4.79 Å². The van der Waals surface area contributed by atoms with Crippen molar-refractivity contribution in [3.05, 3.63) is 127 Å². The molecule has 0 N–H and O–H groups in total. The van der Waals surface area contributed by atoms with E-state index < -0.39 is 0 Å². The molecule has 0 saturated carbocycles. The molecular weight excluding hydrogens is 440 g/mol. The molecule has 0 aliphatic carbocycles. The van der Waals surface area contributed by atoms with Crippen LogP contribution in [0.3, 0.4) is 0 Å². The Bertz CT molecular complexity index is 1340. The van der Waals surface area contributed by atoms with E-state index in [4.69, 9.17) is 4.74 Å². The van der Waals surface area contributed by atoms with Crippen molar-refractivity contribution in [3.8, 4) is 33.4 Å². The van der Waals surface area contributed by atoms with Gasteiger partial charge in [-0.25, -0.2) is 4.79 Å². The highest BCUT2D eigenvalue weighted by Crippen LogP contribution is 2.34. The van der Waals surface area contributed by atoms with Crippen LogP contribution >= 0.6 is 0 Å². The largest absolute Gasteiger partial charge is 0.463 e. The lowest BCUT2D eigenvalue weighted by Gasteiger charge is -2.13. The number of unbranched alkanes of at least 4 members (excludes halogenated alkanes) is 1. The minimum absolute atomic E-state index is 0.357. The van der Waals surface area contributed by atoms with Crippen LogP contribution in [0.2, 0.25) is 0 Å². The lowest BCUT2D eigenvalue weighted by Crippen LogP contribution is -2.02. The van der Waals surface area contributed by atoms with Gasteiger partial charge in [0.05, 0.1) is 6.61 Å². The number of carbonyl (C=O) groups excluding carboxylic acids is 1. The Hall–Kier alpha value is -4.17. The molecule has 0 unspecified atom stereocenters. The zero-order chi connectivity index (χ0) is 25.3. The van der Waals surface area contributed by atoms with Gasteiger partial charge in [-0.2, -0.15) is 0 Å². The number of hydrogen-bond donors (Lipinski definition) is 0. The average Bonchev–Trinajstić information content (AvgIpc) is 2.93. The molecule has 4 aromatic rings. The van der Waals surface area contributed by atoms with Gasteiger partial charge in [0.1, 0.15) is 0 Å². The second-order valence-electron chi connectivity index (χ2n) is 9.01. The van der Waals surface area contributed by atoms with Gasteiger partial charge < -0.3 is 4.74 Å². The molecule has 0 spiro atoms. The van der Waals surface area contributed by atoms with Gasteiger partial charge in [-0.1, -0.05) is 110 Å². The molecule has 0 radical (unpaired) electrons.